The largest absolute Gasteiger partial charge is 0.489 e. The second-order valence-electron chi connectivity index (χ2n) is 9.76. The number of rotatable bonds is 34. The van der Waals surface area contributed by atoms with Crippen LogP contribution < -0.4 is 10.5 Å². The molecule has 10 nitrogen and oxygen atoms in total. The highest BCUT2D eigenvalue weighted by atomic mass is 16.6. The van der Waals surface area contributed by atoms with Crippen LogP contribution >= 0.6 is 0 Å². The fourth-order valence-electron chi connectivity index (χ4n) is 3.80. The van der Waals surface area contributed by atoms with Gasteiger partial charge < -0.3 is 48.4 Å². The molecule has 1 aromatic carbocycles. The van der Waals surface area contributed by atoms with Crippen LogP contribution in [0.15, 0.2) is 24.3 Å². The van der Waals surface area contributed by atoms with Crippen molar-refractivity contribution in [1.29, 1.82) is 0 Å². The molecule has 0 heterocycles. The number of nitrogen functional groups attached to an aromatic ring is 1. The molecule has 0 amide bonds. The van der Waals surface area contributed by atoms with Crippen LogP contribution in [0, 0.1) is 0 Å². The van der Waals surface area contributed by atoms with Gasteiger partial charge in [0.25, 0.3) is 0 Å². The van der Waals surface area contributed by atoms with Crippen molar-refractivity contribution in [2.75, 3.05) is 118 Å². The molecule has 0 aliphatic rings. The Morgan fingerprint density at radius 2 is 0.738 bits per heavy atom. The van der Waals surface area contributed by atoms with E-state index in [-0.39, 0.29) is 0 Å². The third kappa shape index (κ3) is 27.3. The van der Waals surface area contributed by atoms with E-state index in [1.54, 1.807) is 6.07 Å². The quantitative estimate of drug-likeness (QED) is 0.0864. The molecule has 246 valence electrons. The van der Waals surface area contributed by atoms with Gasteiger partial charge >= 0.3 is 0 Å². The van der Waals surface area contributed by atoms with Crippen LogP contribution in [0.5, 0.6) is 5.75 Å². The molecule has 0 unspecified atom stereocenters. The van der Waals surface area contributed by atoms with E-state index < -0.39 is 0 Å². The lowest BCUT2D eigenvalue weighted by Gasteiger charge is -2.09. The summed E-state index contributed by atoms with van der Waals surface area (Å²) in [4.78, 5) is 0. The van der Waals surface area contributed by atoms with Crippen LogP contribution in [0.2, 0.25) is 0 Å². The third-order valence-electron chi connectivity index (χ3n) is 6.15. The Labute approximate surface area is 254 Å². The highest BCUT2D eigenvalue weighted by Gasteiger charge is 1.99. The molecule has 0 spiro atoms. The van der Waals surface area contributed by atoms with Crippen molar-refractivity contribution in [3.05, 3.63) is 24.3 Å². The Hall–Kier alpha value is -1.50. The first-order valence-corrected chi connectivity index (χ1v) is 15.9. The standard InChI is InChI=1S/C32H59NO9/c1-2-3-4-5-6-7-8-11-14-34-15-16-35-17-18-36-19-20-37-21-22-38-23-24-39-25-26-40-27-28-41-29-30-42-32-13-10-9-12-31(32)33/h9-10,12-13H,2-8,11,14-30,33H2,1H3. The Bertz CT molecular complexity index is 669. The molecule has 0 fully saturated rings. The summed E-state index contributed by atoms with van der Waals surface area (Å²) in [6.07, 6.45) is 10.5. The number of ether oxygens (including phenoxy) is 9. The average Bonchev–Trinajstić information content (AvgIpc) is 3.00. The molecule has 2 N–H and O–H groups in total. The number of anilines is 1. The van der Waals surface area contributed by atoms with Gasteiger partial charge in [-0.2, -0.15) is 0 Å². The third-order valence-corrected chi connectivity index (χ3v) is 6.15. The van der Waals surface area contributed by atoms with Crippen LogP contribution in [0.1, 0.15) is 58.3 Å². The van der Waals surface area contributed by atoms with Crippen LogP contribution in [-0.2, 0) is 37.9 Å². The van der Waals surface area contributed by atoms with Crippen LogP contribution in [-0.4, -0.2) is 112 Å². The van der Waals surface area contributed by atoms with Gasteiger partial charge in [0, 0.05) is 6.61 Å². The molecule has 0 saturated heterocycles. The number of hydrogen-bond acceptors (Lipinski definition) is 10. The Morgan fingerprint density at radius 1 is 0.405 bits per heavy atom. The zero-order valence-corrected chi connectivity index (χ0v) is 26.2. The summed E-state index contributed by atoms with van der Waals surface area (Å²) in [5.41, 5.74) is 6.44. The highest BCUT2D eigenvalue weighted by Crippen LogP contribution is 2.19. The van der Waals surface area contributed by atoms with Crippen LogP contribution in [0.25, 0.3) is 0 Å². The average molecular weight is 602 g/mol. The molecule has 0 radical (unpaired) electrons. The molecule has 0 aliphatic carbocycles. The summed E-state index contributed by atoms with van der Waals surface area (Å²) in [5, 5.41) is 0. The SMILES string of the molecule is CCCCCCCCCCOCCOCCOCCOCCOCCOCCOCCOCCOc1ccccc1N. The Balaban J connectivity index is 1.63. The lowest BCUT2D eigenvalue weighted by atomic mass is 10.1. The van der Waals surface area contributed by atoms with Crippen molar-refractivity contribution >= 4 is 5.69 Å². The predicted molar refractivity (Wildman–Crippen MR) is 166 cm³/mol. The minimum Gasteiger partial charge on any atom is -0.489 e. The minimum atomic E-state index is 0.446. The maximum Gasteiger partial charge on any atom is 0.142 e. The summed E-state index contributed by atoms with van der Waals surface area (Å²) in [6, 6.07) is 7.40. The number of hydrogen-bond donors (Lipinski definition) is 1. The Kier molecular flexibility index (Phi) is 29.7. The van der Waals surface area contributed by atoms with Gasteiger partial charge in [0.15, 0.2) is 0 Å². The van der Waals surface area contributed by atoms with E-state index >= 15 is 0 Å². The first-order chi connectivity index (χ1) is 20.8. The van der Waals surface area contributed by atoms with Gasteiger partial charge in [-0.25, -0.2) is 0 Å². The molecule has 0 bridgehead atoms. The van der Waals surface area contributed by atoms with Crippen molar-refractivity contribution in [3.63, 3.8) is 0 Å². The molecule has 0 saturated carbocycles. The van der Waals surface area contributed by atoms with E-state index in [2.05, 4.69) is 6.92 Å². The summed E-state index contributed by atoms with van der Waals surface area (Å²) < 4.78 is 49.6. The van der Waals surface area contributed by atoms with E-state index in [0.29, 0.717) is 117 Å². The van der Waals surface area contributed by atoms with Crippen molar-refractivity contribution in [3.8, 4) is 5.75 Å². The molecule has 0 atom stereocenters. The minimum absolute atomic E-state index is 0.446. The monoisotopic (exact) mass is 601 g/mol. The summed E-state index contributed by atoms with van der Waals surface area (Å²) in [7, 11) is 0. The summed E-state index contributed by atoms with van der Waals surface area (Å²) in [6.45, 7) is 11.6. The fraction of sp³-hybridized carbons (Fsp3) is 0.812. The van der Waals surface area contributed by atoms with Crippen LogP contribution in [0.4, 0.5) is 5.69 Å². The van der Waals surface area contributed by atoms with Gasteiger partial charge in [0.1, 0.15) is 12.4 Å². The van der Waals surface area contributed by atoms with E-state index in [1.165, 1.54) is 44.9 Å². The fourth-order valence-corrected chi connectivity index (χ4v) is 3.80. The molecular weight excluding hydrogens is 542 g/mol. The predicted octanol–water partition coefficient (Wildman–Crippen LogP) is 4.92. The zero-order chi connectivity index (χ0) is 30.0. The van der Waals surface area contributed by atoms with E-state index in [1.807, 2.05) is 18.2 Å². The Morgan fingerprint density at radius 3 is 1.14 bits per heavy atom. The van der Waals surface area contributed by atoms with Crippen molar-refractivity contribution < 1.29 is 42.6 Å². The molecule has 42 heavy (non-hydrogen) atoms. The van der Waals surface area contributed by atoms with E-state index in [4.69, 9.17) is 48.4 Å². The topological polar surface area (TPSA) is 109 Å². The molecule has 0 aliphatic heterocycles. The molecular formula is C32H59NO9. The summed E-state index contributed by atoms with van der Waals surface area (Å²) in [5.74, 6) is 0.675. The number of para-hydroxylation sites is 2. The van der Waals surface area contributed by atoms with Gasteiger partial charge in [-0.1, -0.05) is 64.0 Å². The maximum atomic E-state index is 5.82. The van der Waals surface area contributed by atoms with E-state index in [9.17, 15) is 0 Å². The van der Waals surface area contributed by atoms with Gasteiger partial charge in [0.2, 0.25) is 0 Å². The smallest absolute Gasteiger partial charge is 0.142 e. The van der Waals surface area contributed by atoms with Crippen molar-refractivity contribution in [1.82, 2.24) is 0 Å². The summed E-state index contributed by atoms with van der Waals surface area (Å²) >= 11 is 0. The second-order valence-corrected chi connectivity index (χ2v) is 9.76. The first kappa shape index (κ1) is 38.5. The first-order valence-electron chi connectivity index (χ1n) is 15.9. The van der Waals surface area contributed by atoms with E-state index in [0.717, 1.165) is 13.0 Å². The number of unbranched alkanes of at least 4 members (excludes halogenated alkanes) is 7. The zero-order valence-electron chi connectivity index (χ0n) is 26.2. The lowest BCUT2D eigenvalue weighted by Crippen LogP contribution is -2.15. The number of benzene rings is 1. The van der Waals surface area contributed by atoms with Gasteiger partial charge in [0.05, 0.1) is 105 Å². The normalized spacial score (nSPS) is 11.4. The van der Waals surface area contributed by atoms with Gasteiger partial charge in [-0.15, -0.1) is 0 Å². The van der Waals surface area contributed by atoms with Crippen LogP contribution in [0.3, 0.4) is 0 Å². The molecule has 0 aromatic heterocycles. The lowest BCUT2D eigenvalue weighted by molar-refractivity contribution is -0.0236. The molecule has 1 aromatic rings. The molecule has 1 rings (SSSR count). The second kappa shape index (κ2) is 32.4. The van der Waals surface area contributed by atoms with Gasteiger partial charge in [-0.3, -0.25) is 0 Å². The van der Waals surface area contributed by atoms with Crippen molar-refractivity contribution in [2.45, 2.75) is 58.3 Å². The maximum absolute atomic E-state index is 5.82. The molecule has 10 heteroatoms. The van der Waals surface area contributed by atoms with Crippen molar-refractivity contribution in [2.24, 2.45) is 0 Å². The number of nitrogens with two attached hydrogens (primary N) is 1. The highest BCUT2D eigenvalue weighted by molar-refractivity contribution is 5.51. The van der Waals surface area contributed by atoms with Gasteiger partial charge in [-0.05, 0) is 18.6 Å².